The van der Waals surface area contributed by atoms with Crippen molar-refractivity contribution in [2.45, 2.75) is 6.92 Å². The summed E-state index contributed by atoms with van der Waals surface area (Å²) >= 11 is 1.35. The Kier molecular flexibility index (Phi) is 3.01. The molecular formula is C15H11N3OS. The Balaban J connectivity index is 2.31. The molecule has 0 spiro atoms. The molecule has 98 valence electrons. The second-order valence-electron chi connectivity index (χ2n) is 4.33. The lowest BCUT2D eigenvalue weighted by Gasteiger charge is -2.04. The maximum atomic E-state index is 9.21. The van der Waals surface area contributed by atoms with Gasteiger partial charge in [0, 0.05) is 18.0 Å². The van der Waals surface area contributed by atoms with Gasteiger partial charge in [-0.15, -0.1) is 11.3 Å². The number of aromatic nitrogens is 1. The highest BCUT2D eigenvalue weighted by molar-refractivity contribution is 7.17. The van der Waals surface area contributed by atoms with Crippen molar-refractivity contribution in [3.63, 3.8) is 0 Å². The number of aryl methyl sites for hydroxylation is 1. The van der Waals surface area contributed by atoms with Crippen molar-refractivity contribution in [1.82, 2.24) is 4.98 Å². The van der Waals surface area contributed by atoms with Crippen LogP contribution in [0.5, 0.6) is 0 Å². The minimum absolute atomic E-state index is 0.495. The molecule has 0 aliphatic carbocycles. The molecule has 0 atom stereocenters. The zero-order valence-corrected chi connectivity index (χ0v) is 11.6. The van der Waals surface area contributed by atoms with Crippen molar-refractivity contribution in [2.24, 2.45) is 0 Å². The maximum Gasteiger partial charge on any atom is 0.147 e. The molecule has 20 heavy (non-hydrogen) atoms. The van der Waals surface area contributed by atoms with E-state index in [2.05, 4.69) is 11.1 Å². The predicted molar refractivity (Wildman–Crippen MR) is 79.1 cm³/mol. The average molecular weight is 281 g/mol. The van der Waals surface area contributed by atoms with Crippen LogP contribution in [0, 0.1) is 18.3 Å². The first-order valence-corrected chi connectivity index (χ1v) is 6.81. The SMILES string of the molecule is Cc1ccoc1-c1sc(C#N)c(N)c1-c1ccncc1. The molecule has 0 aromatic carbocycles. The molecule has 0 unspecified atom stereocenters. The summed E-state index contributed by atoms with van der Waals surface area (Å²) in [5, 5.41) is 9.21. The quantitative estimate of drug-likeness (QED) is 0.774. The lowest BCUT2D eigenvalue weighted by Crippen LogP contribution is -1.89. The predicted octanol–water partition coefficient (Wildman–Crippen LogP) is 3.83. The molecule has 5 heteroatoms. The van der Waals surface area contributed by atoms with Crippen molar-refractivity contribution >= 4 is 17.0 Å². The van der Waals surface area contributed by atoms with Crippen LogP contribution in [-0.2, 0) is 0 Å². The van der Waals surface area contributed by atoms with E-state index in [0.717, 1.165) is 27.3 Å². The first-order valence-electron chi connectivity index (χ1n) is 5.99. The van der Waals surface area contributed by atoms with Gasteiger partial charge in [-0.1, -0.05) is 0 Å². The molecule has 0 radical (unpaired) electrons. The van der Waals surface area contributed by atoms with Gasteiger partial charge in [0.05, 0.1) is 16.8 Å². The molecule has 3 aromatic rings. The Bertz CT molecular complexity index is 796. The minimum Gasteiger partial charge on any atom is -0.463 e. The second-order valence-corrected chi connectivity index (χ2v) is 5.35. The largest absolute Gasteiger partial charge is 0.463 e. The number of nitriles is 1. The van der Waals surface area contributed by atoms with Gasteiger partial charge >= 0.3 is 0 Å². The number of nitrogens with zero attached hydrogens (tertiary/aromatic N) is 2. The van der Waals surface area contributed by atoms with E-state index in [1.807, 2.05) is 25.1 Å². The molecule has 0 aliphatic rings. The number of hydrogen-bond acceptors (Lipinski definition) is 5. The van der Waals surface area contributed by atoms with Crippen molar-refractivity contribution in [3.8, 4) is 27.8 Å². The molecule has 4 nitrogen and oxygen atoms in total. The Morgan fingerprint density at radius 3 is 2.65 bits per heavy atom. The number of nitrogens with two attached hydrogens (primary N) is 1. The third kappa shape index (κ3) is 1.87. The molecule has 2 N–H and O–H groups in total. The number of hydrogen-bond donors (Lipinski definition) is 1. The lowest BCUT2D eigenvalue weighted by atomic mass is 10.0. The number of furan rings is 1. The van der Waals surface area contributed by atoms with Crippen LogP contribution in [0.4, 0.5) is 5.69 Å². The van der Waals surface area contributed by atoms with Crippen LogP contribution in [-0.4, -0.2) is 4.98 Å². The monoisotopic (exact) mass is 281 g/mol. The van der Waals surface area contributed by atoms with Gasteiger partial charge in [0.1, 0.15) is 16.7 Å². The highest BCUT2D eigenvalue weighted by Crippen LogP contribution is 2.45. The van der Waals surface area contributed by atoms with Crippen LogP contribution < -0.4 is 5.73 Å². The Morgan fingerprint density at radius 2 is 2.05 bits per heavy atom. The Morgan fingerprint density at radius 1 is 1.30 bits per heavy atom. The first kappa shape index (κ1) is 12.5. The fourth-order valence-electron chi connectivity index (χ4n) is 2.10. The number of thiophene rings is 1. The van der Waals surface area contributed by atoms with Crippen LogP contribution in [0.25, 0.3) is 21.8 Å². The van der Waals surface area contributed by atoms with E-state index in [1.54, 1.807) is 18.7 Å². The summed E-state index contributed by atoms with van der Waals surface area (Å²) in [4.78, 5) is 5.40. The van der Waals surface area contributed by atoms with E-state index in [4.69, 9.17) is 10.2 Å². The van der Waals surface area contributed by atoms with E-state index in [1.165, 1.54) is 11.3 Å². The summed E-state index contributed by atoms with van der Waals surface area (Å²) in [5.41, 5.74) is 9.41. The van der Waals surface area contributed by atoms with Gasteiger partial charge in [-0.25, -0.2) is 0 Å². The molecule has 0 bridgehead atoms. The zero-order valence-electron chi connectivity index (χ0n) is 10.8. The zero-order chi connectivity index (χ0) is 14.1. The van der Waals surface area contributed by atoms with E-state index >= 15 is 0 Å². The van der Waals surface area contributed by atoms with Crippen LogP contribution in [0.15, 0.2) is 41.3 Å². The van der Waals surface area contributed by atoms with Crippen LogP contribution in [0.3, 0.4) is 0 Å². The van der Waals surface area contributed by atoms with Gasteiger partial charge in [-0.2, -0.15) is 5.26 Å². The standard InChI is InChI=1S/C15H11N3OS/c1-9-4-7-19-14(9)15-12(10-2-5-18-6-3-10)13(17)11(8-16)20-15/h2-7H,17H2,1H3. The van der Waals surface area contributed by atoms with E-state index in [-0.39, 0.29) is 0 Å². The summed E-state index contributed by atoms with van der Waals surface area (Å²) < 4.78 is 5.56. The molecule has 3 aromatic heterocycles. The maximum absolute atomic E-state index is 9.21. The molecule has 3 heterocycles. The summed E-state index contributed by atoms with van der Waals surface area (Å²) in [5.74, 6) is 0.759. The minimum atomic E-state index is 0.495. The van der Waals surface area contributed by atoms with Crippen molar-refractivity contribution in [1.29, 1.82) is 5.26 Å². The number of nitrogen functional groups attached to an aromatic ring is 1. The third-order valence-electron chi connectivity index (χ3n) is 3.08. The summed E-state index contributed by atoms with van der Waals surface area (Å²) in [6.45, 7) is 1.97. The number of pyridine rings is 1. The van der Waals surface area contributed by atoms with Gasteiger partial charge in [-0.05, 0) is 36.2 Å². The Labute approximate surface area is 120 Å². The molecule has 3 rings (SSSR count). The van der Waals surface area contributed by atoms with Gasteiger partial charge in [0.25, 0.3) is 0 Å². The molecule has 0 amide bonds. The van der Waals surface area contributed by atoms with Crippen LogP contribution in [0.2, 0.25) is 0 Å². The summed E-state index contributed by atoms with van der Waals surface area (Å²) in [6, 6.07) is 7.79. The third-order valence-corrected chi connectivity index (χ3v) is 4.19. The highest BCUT2D eigenvalue weighted by Gasteiger charge is 2.21. The molecule has 0 saturated heterocycles. The van der Waals surface area contributed by atoms with Gasteiger partial charge in [0.2, 0.25) is 0 Å². The summed E-state index contributed by atoms with van der Waals surface area (Å²) in [7, 11) is 0. The van der Waals surface area contributed by atoms with E-state index < -0.39 is 0 Å². The number of rotatable bonds is 2. The molecule has 0 fully saturated rings. The first-order chi connectivity index (χ1) is 9.72. The van der Waals surface area contributed by atoms with Gasteiger partial charge in [-0.3, -0.25) is 4.98 Å². The van der Waals surface area contributed by atoms with Crippen molar-refractivity contribution in [2.75, 3.05) is 5.73 Å². The van der Waals surface area contributed by atoms with Gasteiger partial charge in [0.15, 0.2) is 0 Å². The van der Waals surface area contributed by atoms with E-state index in [0.29, 0.717) is 10.6 Å². The highest BCUT2D eigenvalue weighted by atomic mass is 32.1. The van der Waals surface area contributed by atoms with Gasteiger partial charge < -0.3 is 10.2 Å². The van der Waals surface area contributed by atoms with Crippen LogP contribution >= 0.6 is 11.3 Å². The van der Waals surface area contributed by atoms with E-state index in [9.17, 15) is 5.26 Å². The lowest BCUT2D eigenvalue weighted by molar-refractivity contribution is 0.582. The number of anilines is 1. The van der Waals surface area contributed by atoms with Crippen molar-refractivity contribution in [3.05, 3.63) is 47.3 Å². The average Bonchev–Trinajstić information content (AvgIpc) is 3.03. The van der Waals surface area contributed by atoms with Crippen LogP contribution in [0.1, 0.15) is 10.4 Å². The molecular weight excluding hydrogens is 270 g/mol. The second kappa shape index (κ2) is 4.83. The fourth-order valence-corrected chi connectivity index (χ4v) is 3.19. The fraction of sp³-hybridized carbons (Fsp3) is 0.0667. The smallest absolute Gasteiger partial charge is 0.147 e. The normalized spacial score (nSPS) is 10.4. The Hall–Kier alpha value is -2.58. The van der Waals surface area contributed by atoms with Crippen molar-refractivity contribution < 1.29 is 4.42 Å². The summed E-state index contributed by atoms with van der Waals surface area (Å²) in [6.07, 6.45) is 5.05. The topological polar surface area (TPSA) is 75.8 Å². The molecule has 0 saturated carbocycles. The molecule has 0 aliphatic heterocycles.